The fourth-order valence-electron chi connectivity index (χ4n) is 8.67. The average Bonchev–Trinajstić information content (AvgIpc) is 2.98. The van der Waals surface area contributed by atoms with E-state index in [1.807, 2.05) is 13.8 Å². The van der Waals surface area contributed by atoms with Gasteiger partial charge in [-0.05, 0) is 112 Å². The van der Waals surface area contributed by atoms with Gasteiger partial charge >= 0.3 is 0 Å². The van der Waals surface area contributed by atoms with Crippen LogP contribution in [0.4, 0.5) is 0 Å². The smallest absolute Gasteiger partial charge is 0.0980 e. The molecular weight excluding hydrogens is 356 g/mol. The summed E-state index contributed by atoms with van der Waals surface area (Å²) >= 11 is 0. The van der Waals surface area contributed by atoms with E-state index < -0.39 is 5.60 Å². The summed E-state index contributed by atoms with van der Waals surface area (Å²) in [6.07, 6.45) is 15.6. The van der Waals surface area contributed by atoms with E-state index in [4.69, 9.17) is 0 Å². The Balaban J connectivity index is 1.47. The molecule has 8 atom stereocenters. The lowest BCUT2D eigenvalue weighted by Crippen LogP contribution is -2.50. The van der Waals surface area contributed by atoms with Gasteiger partial charge < -0.3 is 5.11 Å². The van der Waals surface area contributed by atoms with Crippen molar-refractivity contribution in [1.82, 2.24) is 0 Å². The lowest BCUT2D eigenvalue weighted by Gasteiger charge is -2.58. The van der Waals surface area contributed by atoms with Gasteiger partial charge in [-0.2, -0.15) is 0 Å². The van der Waals surface area contributed by atoms with E-state index in [1.165, 1.54) is 44.9 Å². The lowest BCUT2D eigenvalue weighted by molar-refractivity contribution is -0.0579. The minimum Gasteiger partial charge on any atom is -0.393 e. The molecule has 0 spiro atoms. The van der Waals surface area contributed by atoms with Crippen molar-refractivity contribution in [1.29, 1.82) is 0 Å². The first-order valence-electron chi connectivity index (χ1n) is 12.6. The standard InChI is InChI=1S/C27H45O2/c1-18(7-6-14-25(2,3)29)22-10-11-23-21-9-8-19-17-20(28)12-15-26(19,4)24(21)13-16-27(22,23)5/h8,18,20-24,28H,6-7,9-17H2,1-5H3/t18-,20+,21+,22-,23+,24+,26+,27-/m1/s1. The second-order valence-electron chi connectivity index (χ2n) is 12.5. The maximum absolute atomic E-state index is 12.0. The molecule has 4 aliphatic carbocycles. The molecule has 1 radical (unpaired) electrons. The normalized spacial score (nSPS) is 45.8. The number of rotatable bonds is 5. The van der Waals surface area contributed by atoms with E-state index in [1.54, 1.807) is 5.57 Å². The molecule has 2 nitrogen and oxygen atoms in total. The van der Waals surface area contributed by atoms with Crippen LogP contribution in [0.15, 0.2) is 11.6 Å². The molecule has 0 aromatic heterocycles. The van der Waals surface area contributed by atoms with Crippen LogP contribution < -0.4 is 0 Å². The first-order valence-corrected chi connectivity index (χ1v) is 12.6. The second kappa shape index (κ2) is 7.66. The zero-order valence-corrected chi connectivity index (χ0v) is 19.7. The summed E-state index contributed by atoms with van der Waals surface area (Å²) in [5.41, 5.74) is 1.68. The van der Waals surface area contributed by atoms with Crippen LogP contribution in [0, 0.1) is 40.4 Å². The summed E-state index contributed by atoms with van der Waals surface area (Å²) in [4.78, 5) is 0. The molecule has 4 aliphatic rings. The molecule has 0 saturated heterocycles. The van der Waals surface area contributed by atoms with Crippen molar-refractivity contribution in [2.45, 2.75) is 117 Å². The minimum atomic E-state index is -0.769. The van der Waals surface area contributed by atoms with Crippen LogP contribution in [0.25, 0.3) is 0 Å². The predicted molar refractivity (Wildman–Crippen MR) is 119 cm³/mol. The van der Waals surface area contributed by atoms with E-state index >= 15 is 0 Å². The summed E-state index contributed by atoms with van der Waals surface area (Å²) in [5.74, 6) is 4.17. The molecular formula is C27H45O2. The highest BCUT2D eigenvalue weighted by molar-refractivity contribution is 5.25. The number of hydrogen-bond acceptors (Lipinski definition) is 1. The Morgan fingerprint density at radius 2 is 1.90 bits per heavy atom. The van der Waals surface area contributed by atoms with E-state index in [9.17, 15) is 10.2 Å². The molecule has 29 heavy (non-hydrogen) atoms. The Labute approximate surface area is 179 Å². The van der Waals surface area contributed by atoms with E-state index in [0.29, 0.717) is 10.8 Å². The Morgan fingerprint density at radius 1 is 1.14 bits per heavy atom. The average molecular weight is 402 g/mol. The van der Waals surface area contributed by atoms with Gasteiger partial charge in [0, 0.05) is 0 Å². The molecule has 3 saturated carbocycles. The highest BCUT2D eigenvalue weighted by atomic mass is 16.3. The zero-order valence-electron chi connectivity index (χ0n) is 19.7. The van der Waals surface area contributed by atoms with Gasteiger partial charge in [0.2, 0.25) is 0 Å². The summed E-state index contributed by atoms with van der Waals surface area (Å²) in [7, 11) is 0. The highest BCUT2D eigenvalue weighted by Gasteiger charge is 2.59. The summed E-state index contributed by atoms with van der Waals surface area (Å²) < 4.78 is 0. The molecule has 0 aromatic rings. The van der Waals surface area contributed by atoms with Crippen LogP contribution in [0.5, 0.6) is 0 Å². The molecule has 0 aromatic carbocycles. The van der Waals surface area contributed by atoms with Gasteiger partial charge in [-0.3, -0.25) is 0 Å². The van der Waals surface area contributed by atoms with Crippen LogP contribution in [0.2, 0.25) is 0 Å². The molecule has 3 fully saturated rings. The summed E-state index contributed by atoms with van der Waals surface area (Å²) in [5, 5.41) is 22.2. The Morgan fingerprint density at radius 3 is 2.62 bits per heavy atom. The number of fused-ring (bicyclic) bond motifs is 5. The largest absolute Gasteiger partial charge is 0.393 e. The third-order valence-electron chi connectivity index (χ3n) is 10.3. The molecule has 0 amide bonds. The van der Waals surface area contributed by atoms with Gasteiger partial charge in [0.15, 0.2) is 0 Å². The monoisotopic (exact) mass is 401 g/mol. The van der Waals surface area contributed by atoms with Gasteiger partial charge in [0.25, 0.3) is 0 Å². The Kier molecular flexibility index (Phi) is 5.78. The van der Waals surface area contributed by atoms with Gasteiger partial charge in [0.05, 0.1) is 11.7 Å². The Hall–Kier alpha value is -0.340. The van der Waals surface area contributed by atoms with Crippen LogP contribution in [0.3, 0.4) is 0 Å². The van der Waals surface area contributed by atoms with Crippen LogP contribution in [-0.2, 0) is 5.11 Å². The lowest BCUT2D eigenvalue weighted by atomic mass is 9.47. The maximum Gasteiger partial charge on any atom is 0.0980 e. The topological polar surface area (TPSA) is 40.1 Å². The number of aliphatic hydroxyl groups excluding tert-OH is 1. The third-order valence-corrected chi connectivity index (χ3v) is 10.3. The molecule has 0 unspecified atom stereocenters. The molecule has 0 aliphatic heterocycles. The minimum absolute atomic E-state index is 0.101. The van der Waals surface area contributed by atoms with E-state index in [2.05, 4.69) is 26.8 Å². The van der Waals surface area contributed by atoms with Crippen molar-refractivity contribution in [2.75, 3.05) is 0 Å². The van der Waals surface area contributed by atoms with Crippen LogP contribution in [0.1, 0.15) is 105 Å². The van der Waals surface area contributed by atoms with E-state index in [-0.39, 0.29) is 6.10 Å². The highest BCUT2D eigenvalue weighted by Crippen LogP contribution is 2.67. The number of hydrogen-bond donors (Lipinski definition) is 1. The molecule has 4 rings (SSSR count). The van der Waals surface area contributed by atoms with Gasteiger partial charge in [-0.25, -0.2) is 5.11 Å². The Bertz CT molecular complexity index is 631. The van der Waals surface area contributed by atoms with Gasteiger partial charge in [-0.1, -0.05) is 45.3 Å². The number of aliphatic hydroxyl groups is 1. The quantitative estimate of drug-likeness (QED) is 0.498. The molecule has 1 N–H and O–H groups in total. The first-order chi connectivity index (χ1) is 13.5. The fraction of sp³-hybridized carbons (Fsp3) is 0.926. The van der Waals surface area contributed by atoms with Crippen LogP contribution >= 0.6 is 0 Å². The van der Waals surface area contributed by atoms with Crippen molar-refractivity contribution >= 4 is 0 Å². The second-order valence-corrected chi connectivity index (χ2v) is 12.5. The zero-order chi connectivity index (χ0) is 21.0. The number of allylic oxidation sites excluding steroid dienone is 1. The molecule has 165 valence electrons. The van der Waals surface area contributed by atoms with Crippen molar-refractivity contribution < 1.29 is 10.2 Å². The van der Waals surface area contributed by atoms with Gasteiger partial charge in [0.1, 0.15) is 0 Å². The fourth-order valence-corrected chi connectivity index (χ4v) is 8.67. The molecule has 0 heterocycles. The first kappa shape index (κ1) is 21.9. The maximum atomic E-state index is 12.0. The summed E-state index contributed by atoms with van der Waals surface area (Å²) in [6, 6.07) is 0. The molecule has 0 bridgehead atoms. The molecule has 2 heteroatoms. The van der Waals surface area contributed by atoms with Crippen molar-refractivity contribution in [3.63, 3.8) is 0 Å². The van der Waals surface area contributed by atoms with E-state index in [0.717, 1.165) is 55.3 Å². The predicted octanol–water partition coefficient (Wildman–Crippen LogP) is 6.94. The third kappa shape index (κ3) is 3.86. The summed E-state index contributed by atoms with van der Waals surface area (Å²) in [6.45, 7) is 11.3. The van der Waals surface area contributed by atoms with Gasteiger partial charge in [-0.15, -0.1) is 0 Å². The van der Waals surface area contributed by atoms with Crippen molar-refractivity contribution in [3.05, 3.63) is 11.6 Å². The SMILES string of the molecule is C[C@H](CCCC(C)(C)[O])[C@H]1CC[C@H]2[C@@H]3CC=C4C[C@@H](O)CC[C@]4(C)[C@H]3CC[C@]12C. The van der Waals surface area contributed by atoms with Crippen LogP contribution in [-0.4, -0.2) is 16.8 Å². The van der Waals surface area contributed by atoms with Crippen molar-refractivity contribution in [3.8, 4) is 0 Å². The van der Waals surface area contributed by atoms with Crippen molar-refractivity contribution in [2.24, 2.45) is 40.4 Å².